The predicted molar refractivity (Wildman–Crippen MR) is 85.3 cm³/mol. The van der Waals surface area contributed by atoms with Crippen LogP contribution in [0, 0.1) is 5.82 Å². The molecule has 0 heterocycles. The van der Waals surface area contributed by atoms with Gasteiger partial charge in [0.2, 0.25) is 0 Å². The Bertz CT molecular complexity index is 556. The highest BCUT2D eigenvalue weighted by Crippen LogP contribution is 2.26. The zero-order valence-corrected chi connectivity index (χ0v) is 13.2. The van der Waals surface area contributed by atoms with Gasteiger partial charge in [0.15, 0.2) is 0 Å². The molecule has 0 radical (unpaired) electrons. The van der Waals surface area contributed by atoms with Gasteiger partial charge in [0, 0.05) is 10.5 Å². The molecule has 2 rings (SSSR count). The molecule has 0 aliphatic rings. The average molecular weight is 336 g/mol. The molecule has 0 saturated carbocycles. The Balaban J connectivity index is 2.22. The summed E-state index contributed by atoms with van der Waals surface area (Å²) in [6.45, 7) is 3.09. The SMILES string of the molecule is CCCNC(Cc1cccc(F)c1)c1ccccc1Br. The van der Waals surface area contributed by atoms with Gasteiger partial charge >= 0.3 is 0 Å². The standard InChI is InChI=1S/C17H19BrFN/c1-2-10-20-17(15-8-3-4-9-16(15)18)12-13-6-5-7-14(19)11-13/h3-9,11,17,20H,2,10,12H2,1H3. The van der Waals surface area contributed by atoms with Crippen LogP contribution in [-0.2, 0) is 6.42 Å². The third kappa shape index (κ3) is 4.15. The van der Waals surface area contributed by atoms with Crippen molar-refractivity contribution in [2.75, 3.05) is 6.54 Å². The minimum atomic E-state index is -0.177. The van der Waals surface area contributed by atoms with Gasteiger partial charge in [-0.05, 0) is 48.7 Å². The normalized spacial score (nSPS) is 12.3. The Morgan fingerprint density at radius 1 is 1.15 bits per heavy atom. The Morgan fingerprint density at radius 3 is 2.65 bits per heavy atom. The van der Waals surface area contributed by atoms with Gasteiger partial charge in [0.25, 0.3) is 0 Å². The molecule has 20 heavy (non-hydrogen) atoms. The fraction of sp³-hybridized carbons (Fsp3) is 0.294. The molecule has 0 aliphatic heterocycles. The van der Waals surface area contributed by atoms with E-state index in [1.807, 2.05) is 24.3 Å². The molecule has 0 amide bonds. The highest BCUT2D eigenvalue weighted by Gasteiger charge is 2.14. The summed E-state index contributed by atoms with van der Waals surface area (Å²) in [7, 11) is 0. The molecule has 0 bridgehead atoms. The second-order valence-corrected chi connectivity index (χ2v) is 5.72. The van der Waals surface area contributed by atoms with Crippen LogP contribution in [0.4, 0.5) is 4.39 Å². The number of hydrogen-bond acceptors (Lipinski definition) is 1. The zero-order valence-electron chi connectivity index (χ0n) is 11.6. The monoisotopic (exact) mass is 335 g/mol. The van der Waals surface area contributed by atoms with Crippen LogP contribution in [-0.4, -0.2) is 6.54 Å². The smallest absolute Gasteiger partial charge is 0.123 e. The highest BCUT2D eigenvalue weighted by molar-refractivity contribution is 9.10. The van der Waals surface area contributed by atoms with E-state index in [1.165, 1.54) is 11.6 Å². The second kappa shape index (κ2) is 7.55. The Labute approximate surface area is 128 Å². The summed E-state index contributed by atoms with van der Waals surface area (Å²) in [6.07, 6.45) is 1.85. The van der Waals surface area contributed by atoms with Crippen LogP contribution in [0.1, 0.15) is 30.5 Å². The summed E-state index contributed by atoms with van der Waals surface area (Å²) in [5.74, 6) is -0.177. The van der Waals surface area contributed by atoms with Crippen molar-refractivity contribution in [3.8, 4) is 0 Å². The van der Waals surface area contributed by atoms with Gasteiger partial charge in [-0.2, -0.15) is 0 Å². The molecule has 1 N–H and O–H groups in total. The molecule has 1 unspecified atom stereocenters. The van der Waals surface area contributed by atoms with E-state index >= 15 is 0 Å². The van der Waals surface area contributed by atoms with Gasteiger partial charge in [-0.15, -0.1) is 0 Å². The first kappa shape index (κ1) is 15.2. The van der Waals surface area contributed by atoms with E-state index < -0.39 is 0 Å². The summed E-state index contributed by atoms with van der Waals surface area (Å²) in [5, 5.41) is 3.54. The van der Waals surface area contributed by atoms with Crippen molar-refractivity contribution in [1.29, 1.82) is 0 Å². The molecule has 1 nitrogen and oxygen atoms in total. The van der Waals surface area contributed by atoms with Gasteiger partial charge in [-0.25, -0.2) is 4.39 Å². The Morgan fingerprint density at radius 2 is 1.95 bits per heavy atom. The zero-order chi connectivity index (χ0) is 14.4. The number of nitrogens with one attached hydrogen (secondary N) is 1. The molecule has 1 atom stereocenters. The molecule has 2 aromatic rings. The minimum Gasteiger partial charge on any atom is -0.310 e. The van der Waals surface area contributed by atoms with Crippen molar-refractivity contribution in [2.24, 2.45) is 0 Å². The summed E-state index contributed by atoms with van der Waals surface area (Å²) in [5.41, 5.74) is 2.22. The summed E-state index contributed by atoms with van der Waals surface area (Å²) in [4.78, 5) is 0. The van der Waals surface area contributed by atoms with Crippen LogP contribution in [0.3, 0.4) is 0 Å². The highest BCUT2D eigenvalue weighted by atomic mass is 79.9. The van der Waals surface area contributed by atoms with E-state index in [0.717, 1.165) is 29.4 Å². The summed E-state index contributed by atoms with van der Waals surface area (Å²) < 4.78 is 14.4. The van der Waals surface area contributed by atoms with E-state index in [9.17, 15) is 4.39 Å². The maximum absolute atomic E-state index is 13.3. The quantitative estimate of drug-likeness (QED) is 0.793. The van der Waals surface area contributed by atoms with Crippen LogP contribution in [0.5, 0.6) is 0 Å². The van der Waals surface area contributed by atoms with E-state index in [0.29, 0.717) is 0 Å². The first-order chi connectivity index (χ1) is 9.70. The minimum absolute atomic E-state index is 0.177. The molecular formula is C17H19BrFN. The number of hydrogen-bond donors (Lipinski definition) is 1. The lowest BCUT2D eigenvalue weighted by atomic mass is 9.98. The fourth-order valence-electron chi connectivity index (χ4n) is 2.27. The fourth-order valence-corrected chi connectivity index (χ4v) is 2.83. The van der Waals surface area contributed by atoms with Crippen LogP contribution in [0.15, 0.2) is 53.0 Å². The van der Waals surface area contributed by atoms with Crippen molar-refractivity contribution in [1.82, 2.24) is 5.32 Å². The number of halogens is 2. The molecule has 0 saturated heterocycles. The lowest BCUT2D eigenvalue weighted by Gasteiger charge is -2.20. The van der Waals surface area contributed by atoms with Crippen molar-refractivity contribution in [3.05, 3.63) is 69.9 Å². The third-order valence-electron chi connectivity index (χ3n) is 3.25. The van der Waals surface area contributed by atoms with E-state index in [4.69, 9.17) is 0 Å². The molecule has 106 valence electrons. The van der Waals surface area contributed by atoms with Gasteiger partial charge in [-0.3, -0.25) is 0 Å². The summed E-state index contributed by atoms with van der Waals surface area (Å²) in [6, 6.07) is 15.2. The largest absolute Gasteiger partial charge is 0.310 e. The first-order valence-electron chi connectivity index (χ1n) is 6.93. The maximum Gasteiger partial charge on any atom is 0.123 e. The van der Waals surface area contributed by atoms with Gasteiger partial charge in [0.1, 0.15) is 5.82 Å². The predicted octanol–water partition coefficient (Wildman–Crippen LogP) is 4.87. The molecule has 0 aromatic heterocycles. The average Bonchev–Trinajstić information content (AvgIpc) is 2.44. The number of benzene rings is 2. The third-order valence-corrected chi connectivity index (χ3v) is 3.97. The lowest BCUT2D eigenvalue weighted by molar-refractivity contribution is 0.525. The molecule has 3 heteroatoms. The van der Waals surface area contributed by atoms with Gasteiger partial charge in [0.05, 0.1) is 0 Å². The van der Waals surface area contributed by atoms with Crippen molar-refractivity contribution in [3.63, 3.8) is 0 Å². The molecule has 2 aromatic carbocycles. The topological polar surface area (TPSA) is 12.0 Å². The maximum atomic E-state index is 13.3. The van der Waals surface area contributed by atoms with Gasteiger partial charge < -0.3 is 5.32 Å². The second-order valence-electron chi connectivity index (χ2n) is 4.86. The van der Waals surface area contributed by atoms with Crippen LogP contribution < -0.4 is 5.32 Å². The summed E-state index contributed by atoms with van der Waals surface area (Å²) >= 11 is 3.60. The van der Waals surface area contributed by atoms with Crippen molar-refractivity contribution < 1.29 is 4.39 Å². The van der Waals surface area contributed by atoms with E-state index in [1.54, 1.807) is 12.1 Å². The van der Waals surface area contributed by atoms with E-state index in [-0.39, 0.29) is 11.9 Å². The molecular weight excluding hydrogens is 317 g/mol. The van der Waals surface area contributed by atoms with Crippen molar-refractivity contribution in [2.45, 2.75) is 25.8 Å². The molecule has 0 fully saturated rings. The van der Waals surface area contributed by atoms with Gasteiger partial charge in [-0.1, -0.05) is 53.2 Å². The first-order valence-corrected chi connectivity index (χ1v) is 7.72. The van der Waals surface area contributed by atoms with Crippen LogP contribution in [0.25, 0.3) is 0 Å². The van der Waals surface area contributed by atoms with Crippen LogP contribution in [0.2, 0.25) is 0 Å². The van der Waals surface area contributed by atoms with Crippen LogP contribution >= 0.6 is 15.9 Å². The lowest BCUT2D eigenvalue weighted by Crippen LogP contribution is -2.24. The molecule has 0 aliphatic carbocycles. The number of rotatable bonds is 6. The van der Waals surface area contributed by atoms with E-state index in [2.05, 4.69) is 34.2 Å². The Hall–Kier alpha value is -1.19. The Kier molecular flexibility index (Phi) is 5.74. The van der Waals surface area contributed by atoms with Crippen molar-refractivity contribution >= 4 is 15.9 Å². The molecule has 0 spiro atoms.